The molecular formula is C25H16O4. The Labute approximate surface area is 165 Å². The molecule has 3 aromatic carbocycles. The Kier molecular flexibility index (Phi) is 4.10. The van der Waals surface area contributed by atoms with E-state index in [-0.39, 0.29) is 10.9 Å². The van der Waals surface area contributed by atoms with Crippen LogP contribution in [-0.2, 0) is 0 Å². The molecule has 0 saturated heterocycles. The molecule has 0 aliphatic heterocycles. The third kappa shape index (κ3) is 2.86. The molecule has 0 aliphatic rings. The van der Waals surface area contributed by atoms with E-state index < -0.39 is 5.92 Å². The second kappa shape index (κ2) is 6.91. The maximum atomic E-state index is 13.3. The van der Waals surface area contributed by atoms with Crippen LogP contribution in [0.3, 0.4) is 0 Å². The van der Waals surface area contributed by atoms with Gasteiger partial charge in [-0.1, -0.05) is 54.6 Å². The predicted molar refractivity (Wildman–Crippen MR) is 112 cm³/mol. The smallest absolute Gasteiger partial charge is 0.196 e. The van der Waals surface area contributed by atoms with Crippen molar-refractivity contribution in [3.8, 4) is 0 Å². The van der Waals surface area contributed by atoms with Gasteiger partial charge in [-0.15, -0.1) is 0 Å². The third-order valence-electron chi connectivity index (χ3n) is 5.17. The van der Waals surface area contributed by atoms with E-state index in [2.05, 4.69) is 0 Å². The van der Waals surface area contributed by atoms with Gasteiger partial charge in [0.25, 0.3) is 0 Å². The molecule has 4 heteroatoms. The molecule has 4 nitrogen and oxygen atoms in total. The lowest BCUT2D eigenvalue weighted by molar-refractivity contribution is 0.578. The minimum Gasteiger partial charge on any atom is -0.464 e. The van der Waals surface area contributed by atoms with Gasteiger partial charge in [0.1, 0.15) is 11.2 Å². The molecule has 0 unspecified atom stereocenters. The average Bonchev–Trinajstić information content (AvgIpc) is 2.78. The van der Waals surface area contributed by atoms with Gasteiger partial charge in [-0.05, 0) is 29.8 Å². The van der Waals surface area contributed by atoms with Crippen molar-refractivity contribution in [1.29, 1.82) is 0 Å². The quantitative estimate of drug-likeness (QED) is 0.438. The molecule has 0 saturated carbocycles. The van der Waals surface area contributed by atoms with Gasteiger partial charge >= 0.3 is 0 Å². The van der Waals surface area contributed by atoms with Crippen molar-refractivity contribution < 1.29 is 8.83 Å². The molecule has 2 aromatic heterocycles. The van der Waals surface area contributed by atoms with Crippen LogP contribution in [0.4, 0.5) is 0 Å². The summed E-state index contributed by atoms with van der Waals surface area (Å²) in [6.45, 7) is 0. The standard InChI is InChI=1S/C25H16O4/c26-24-17-10-4-6-12-21(17)28-14-19(24)23(16-8-2-1-3-9-16)20-15-29-22-13-7-5-11-18(22)25(20)27/h1-15,23H. The van der Waals surface area contributed by atoms with E-state index in [1.807, 2.05) is 42.5 Å². The van der Waals surface area contributed by atoms with Crippen LogP contribution < -0.4 is 10.9 Å². The van der Waals surface area contributed by atoms with E-state index in [9.17, 15) is 9.59 Å². The monoisotopic (exact) mass is 380 g/mol. The fourth-order valence-corrected chi connectivity index (χ4v) is 3.76. The molecule has 0 spiro atoms. The topological polar surface area (TPSA) is 60.4 Å². The summed E-state index contributed by atoms with van der Waals surface area (Å²) in [5.74, 6) is -0.599. The predicted octanol–water partition coefficient (Wildman–Crippen LogP) is 5.08. The van der Waals surface area contributed by atoms with Crippen molar-refractivity contribution in [3.05, 3.63) is 129 Å². The highest BCUT2D eigenvalue weighted by atomic mass is 16.3. The van der Waals surface area contributed by atoms with Crippen LogP contribution in [0.2, 0.25) is 0 Å². The molecule has 5 rings (SSSR count). The lowest BCUT2D eigenvalue weighted by Crippen LogP contribution is -2.21. The van der Waals surface area contributed by atoms with Crippen LogP contribution in [0.15, 0.2) is 110 Å². The summed E-state index contributed by atoms with van der Waals surface area (Å²) < 4.78 is 11.5. The van der Waals surface area contributed by atoms with Crippen molar-refractivity contribution in [2.24, 2.45) is 0 Å². The first-order chi connectivity index (χ1) is 14.2. The zero-order chi connectivity index (χ0) is 19.8. The highest BCUT2D eigenvalue weighted by Crippen LogP contribution is 2.30. The maximum absolute atomic E-state index is 13.3. The molecule has 0 aliphatic carbocycles. The molecule has 5 aromatic rings. The largest absolute Gasteiger partial charge is 0.464 e. The summed E-state index contributed by atoms with van der Waals surface area (Å²) in [7, 11) is 0. The number of fused-ring (bicyclic) bond motifs is 2. The average molecular weight is 380 g/mol. The third-order valence-corrected chi connectivity index (χ3v) is 5.17. The molecule has 0 fully saturated rings. The van der Waals surface area contributed by atoms with Crippen LogP contribution in [0.1, 0.15) is 22.6 Å². The second-order valence-electron chi connectivity index (χ2n) is 6.88. The minimum atomic E-state index is -0.599. The van der Waals surface area contributed by atoms with Gasteiger partial charge in [0.2, 0.25) is 0 Å². The molecule has 0 radical (unpaired) electrons. The number of rotatable bonds is 3. The Morgan fingerprint density at radius 3 is 1.52 bits per heavy atom. The Hall–Kier alpha value is -3.92. The first kappa shape index (κ1) is 17.2. The summed E-state index contributed by atoms with van der Waals surface area (Å²) >= 11 is 0. The van der Waals surface area contributed by atoms with E-state index in [4.69, 9.17) is 8.83 Å². The molecular weight excluding hydrogens is 364 g/mol. The summed E-state index contributed by atoms with van der Waals surface area (Å²) in [6.07, 6.45) is 2.91. The highest BCUT2D eigenvalue weighted by molar-refractivity contribution is 5.78. The number of para-hydroxylation sites is 2. The SMILES string of the molecule is O=c1c(C(c2ccccc2)c2coc3ccccc3c2=O)coc2ccccc12. The number of hydrogen-bond acceptors (Lipinski definition) is 4. The molecule has 0 amide bonds. The zero-order valence-electron chi connectivity index (χ0n) is 15.4. The van der Waals surface area contributed by atoms with Crippen LogP contribution in [0.25, 0.3) is 21.9 Å². The summed E-state index contributed by atoms with van der Waals surface area (Å²) in [5, 5.41) is 0.965. The molecule has 0 atom stereocenters. The van der Waals surface area contributed by atoms with Gasteiger partial charge in [-0.3, -0.25) is 9.59 Å². The fourth-order valence-electron chi connectivity index (χ4n) is 3.76. The van der Waals surface area contributed by atoms with Gasteiger partial charge in [-0.25, -0.2) is 0 Å². The lowest BCUT2D eigenvalue weighted by Gasteiger charge is -2.17. The van der Waals surface area contributed by atoms with Gasteiger partial charge in [0.05, 0.1) is 23.3 Å². The van der Waals surface area contributed by atoms with E-state index >= 15 is 0 Å². The van der Waals surface area contributed by atoms with E-state index in [1.165, 1.54) is 12.5 Å². The van der Waals surface area contributed by atoms with Crippen LogP contribution in [0.5, 0.6) is 0 Å². The Morgan fingerprint density at radius 1 is 0.552 bits per heavy atom. The Balaban J connectivity index is 1.83. The van der Waals surface area contributed by atoms with Gasteiger partial charge in [0, 0.05) is 17.0 Å². The van der Waals surface area contributed by atoms with Gasteiger partial charge in [-0.2, -0.15) is 0 Å². The first-order valence-electron chi connectivity index (χ1n) is 9.30. The fraction of sp³-hybridized carbons (Fsp3) is 0.0400. The van der Waals surface area contributed by atoms with Crippen LogP contribution in [0, 0.1) is 0 Å². The lowest BCUT2D eigenvalue weighted by atomic mass is 9.86. The maximum Gasteiger partial charge on any atom is 0.196 e. The minimum absolute atomic E-state index is 0.159. The second-order valence-corrected chi connectivity index (χ2v) is 6.88. The molecule has 0 bridgehead atoms. The number of benzene rings is 3. The Morgan fingerprint density at radius 2 is 1.00 bits per heavy atom. The van der Waals surface area contributed by atoms with E-state index in [1.54, 1.807) is 36.4 Å². The normalized spacial score (nSPS) is 11.3. The van der Waals surface area contributed by atoms with Crippen LogP contribution in [-0.4, -0.2) is 0 Å². The zero-order valence-corrected chi connectivity index (χ0v) is 15.4. The molecule has 0 N–H and O–H groups in total. The highest BCUT2D eigenvalue weighted by Gasteiger charge is 2.25. The van der Waals surface area contributed by atoms with Crippen molar-refractivity contribution in [2.45, 2.75) is 5.92 Å². The van der Waals surface area contributed by atoms with Crippen molar-refractivity contribution in [3.63, 3.8) is 0 Å². The van der Waals surface area contributed by atoms with Gasteiger partial charge in [0.15, 0.2) is 10.9 Å². The molecule has 140 valence electrons. The molecule has 2 heterocycles. The summed E-state index contributed by atoms with van der Waals surface area (Å²) in [6, 6.07) is 23.6. The van der Waals surface area contributed by atoms with Crippen LogP contribution >= 0.6 is 0 Å². The summed E-state index contributed by atoms with van der Waals surface area (Å²) in [5.41, 5.74) is 2.33. The van der Waals surface area contributed by atoms with E-state index in [0.717, 1.165) is 5.56 Å². The van der Waals surface area contributed by atoms with Crippen molar-refractivity contribution >= 4 is 21.9 Å². The number of hydrogen-bond donors (Lipinski definition) is 0. The van der Waals surface area contributed by atoms with Crippen molar-refractivity contribution in [2.75, 3.05) is 0 Å². The first-order valence-corrected chi connectivity index (χ1v) is 9.30. The Bertz CT molecular complexity index is 1350. The molecule has 29 heavy (non-hydrogen) atoms. The van der Waals surface area contributed by atoms with Crippen molar-refractivity contribution in [1.82, 2.24) is 0 Å². The van der Waals surface area contributed by atoms with Gasteiger partial charge < -0.3 is 8.83 Å². The van der Waals surface area contributed by atoms with E-state index in [0.29, 0.717) is 33.1 Å². The summed E-state index contributed by atoms with van der Waals surface area (Å²) in [4.78, 5) is 26.6.